The lowest BCUT2D eigenvalue weighted by Crippen LogP contribution is -2.35. The van der Waals surface area contributed by atoms with Crippen LogP contribution in [0, 0.1) is 0 Å². The molecule has 0 spiro atoms. The first-order valence-corrected chi connectivity index (χ1v) is 4.30. The fourth-order valence-electron chi connectivity index (χ4n) is 0.907. The lowest BCUT2D eigenvalue weighted by molar-refractivity contribution is -0.139. The summed E-state index contributed by atoms with van der Waals surface area (Å²) in [6.45, 7) is 2.19. The Kier molecular flexibility index (Phi) is 6.48. The van der Waals surface area contributed by atoms with E-state index in [1.54, 1.807) is 0 Å². The second kappa shape index (κ2) is 6.82. The standard InChI is InChI=1S/C8H17NO4/c1-6(2-3-10)9-5-7(11)4-8(12)13/h6-7,9-11H,2-5H2,1H3,(H,12,13). The number of nitrogens with one attached hydrogen (secondary N) is 1. The van der Waals surface area contributed by atoms with Gasteiger partial charge in [0.1, 0.15) is 0 Å². The molecule has 0 aliphatic rings. The van der Waals surface area contributed by atoms with Crippen molar-refractivity contribution in [2.75, 3.05) is 13.2 Å². The third kappa shape index (κ3) is 7.70. The Bertz CT molecular complexity index is 151. The fourth-order valence-corrected chi connectivity index (χ4v) is 0.907. The zero-order chi connectivity index (χ0) is 10.3. The second-order valence-corrected chi connectivity index (χ2v) is 3.07. The molecule has 0 aromatic rings. The predicted octanol–water partition coefficient (Wildman–Crippen LogP) is -0.817. The molecule has 0 amide bonds. The number of hydrogen-bond donors (Lipinski definition) is 4. The molecule has 0 radical (unpaired) electrons. The first-order chi connectivity index (χ1) is 6.06. The van der Waals surface area contributed by atoms with Gasteiger partial charge in [-0.05, 0) is 13.3 Å². The SMILES string of the molecule is CC(CCO)NCC(O)CC(=O)O. The largest absolute Gasteiger partial charge is 0.481 e. The van der Waals surface area contributed by atoms with Crippen molar-refractivity contribution >= 4 is 5.97 Å². The molecular weight excluding hydrogens is 174 g/mol. The van der Waals surface area contributed by atoms with Crippen LogP contribution in [0.4, 0.5) is 0 Å². The van der Waals surface area contributed by atoms with E-state index >= 15 is 0 Å². The number of aliphatic carboxylic acids is 1. The lowest BCUT2D eigenvalue weighted by Gasteiger charge is -2.14. The van der Waals surface area contributed by atoms with Gasteiger partial charge in [0.15, 0.2) is 0 Å². The normalized spacial score (nSPS) is 15.3. The average Bonchev–Trinajstić information content (AvgIpc) is 2.00. The summed E-state index contributed by atoms with van der Waals surface area (Å²) in [4.78, 5) is 10.2. The van der Waals surface area contributed by atoms with Gasteiger partial charge in [0.05, 0.1) is 12.5 Å². The van der Waals surface area contributed by atoms with Crippen molar-refractivity contribution in [3.8, 4) is 0 Å². The van der Waals surface area contributed by atoms with Crippen LogP contribution in [0.2, 0.25) is 0 Å². The quantitative estimate of drug-likeness (QED) is 0.422. The van der Waals surface area contributed by atoms with Crippen molar-refractivity contribution < 1.29 is 20.1 Å². The summed E-state index contributed by atoms with van der Waals surface area (Å²) in [6.07, 6.45) is -0.516. The summed E-state index contributed by atoms with van der Waals surface area (Å²) in [5.41, 5.74) is 0. The highest BCUT2D eigenvalue weighted by atomic mass is 16.4. The van der Waals surface area contributed by atoms with Crippen LogP contribution in [0.1, 0.15) is 19.8 Å². The van der Waals surface area contributed by atoms with Crippen LogP contribution < -0.4 is 5.32 Å². The molecule has 0 aliphatic carbocycles. The Labute approximate surface area is 77.4 Å². The molecule has 0 aliphatic heterocycles. The highest BCUT2D eigenvalue weighted by Crippen LogP contribution is 1.93. The van der Waals surface area contributed by atoms with E-state index < -0.39 is 12.1 Å². The van der Waals surface area contributed by atoms with Gasteiger partial charge in [0.2, 0.25) is 0 Å². The summed E-state index contributed by atoms with van der Waals surface area (Å²) in [6, 6.07) is 0.0912. The topological polar surface area (TPSA) is 89.8 Å². The summed E-state index contributed by atoms with van der Waals surface area (Å²) in [7, 11) is 0. The lowest BCUT2D eigenvalue weighted by atomic mass is 10.2. The van der Waals surface area contributed by atoms with Crippen molar-refractivity contribution in [2.24, 2.45) is 0 Å². The van der Waals surface area contributed by atoms with Gasteiger partial charge in [-0.2, -0.15) is 0 Å². The van der Waals surface area contributed by atoms with Gasteiger partial charge in [-0.15, -0.1) is 0 Å². The molecule has 0 bridgehead atoms. The van der Waals surface area contributed by atoms with Crippen LogP contribution in [-0.4, -0.2) is 46.6 Å². The van der Waals surface area contributed by atoms with Crippen molar-refractivity contribution in [3.63, 3.8) is 0 Å². The molecule has 4 N–H and O–H groups in total. The maximum Gasteiger partial charge on any atom is 0.306 e. The second-order valence-electron chi connectivity index (χ2n) is 3.07. The molecule has 5 heteroatoms. The van der Waals surface area contributed by atoms with Crippen molar-refractivity contribution in [1.29, 1.82) is 0 Å². The van der Waals surface area contributed by atoms with Crippen LogP contribution in [0.5, 0.6) is 0 Å². The molecule has 0 saturated carbocycles. The molecular formula is C8H17NO4. The monoisotopic (exact) mass is 191 g/mol. The Morgan fingerprint density at radius 1 is 1.54 bits per heavy atom. The first kappa shape index (κ1) is 12.3. The highest BCUT2D eigenvalue weighted by molar-refractivity contribution is 5.67. The van der Waals surface area contributed by atoms with Gasteiger partial charge in [0.25, 0.3) is 0 Å². The van der Waals surface area contributed by atoms with Crippen LogP contribution in [0.25, 0.3) is 0 Å². The molecule has 5 nitrogen and oxygen atoms in total. The first-order valence-electron chi connectivity index (χ1n) is 4.30. The van der Waals surface area contributed by atoms with E-state index in [1.807, 2.05) is 6.92 Å². The Morgan fingerprint density at radius 3 is 2.62 bits per heavy atom. The Hall–Kier alpha value is -0.650. The highest BCUT2D eigenvalue weighted by Gasteiger charge is 2.10. The summed E-state index contributed by atoms with van der Waals surface area (Å²) in [5, 5.41) is 28.9. The van der Waals surface area contributed by atoms with E-state index in [-0.39, 0.29) is 25.6 Å². The van der Waals surface area contributed by atoms with E-state index in [9.17, 15) is 4.79 Å². The number of aliphatic hydroxyl groups excluding tert-OH is 2. The number of carbonyl (C=O) groups is 1. The van der Waals surface area contributed by atoms with Crippen molar-refractivity contribution in [1.82, 2.24) is 5.32 Å². The third-order valence-corrected chi connectivity index (χ3v) is 1.67. The molecule has 0 aromatic heterocycles. The minimum absolute atomic E-state index is 0.0865. The summed E-state index contributed by atoms with van der Waals surface area (Å²) < 4.78 is 0. The molecule has 0 rings (SSSR count). The van der Waals surface area contributed by atoms with Crippen molar-refractivity contribution in [3.05, 3.63) is 0 Å². The molecule has 0 fully saturated rings. The number of hydrogen-bond acceptors (Lipinski definition) is 4. The minimum Gasteiger partial charge on any atom is -0.481 e. The molecule has 0 aromatic carbocycles. The third-order valence-electron chi connectivity index (χ3n) is 1.67. The summed E-state index contributed by atoms with van der Waals surface area (Å²) >= 11 is 0. The number of carboxylic acids is 1. The van der Waals surface area contributed by atoms with Crippen LogP contribution >= 0.6 is 0 Å². The van der Waals surface area contributed by atoms with E-state index in [0.717, 1.165) is 0 Å². The van der Waals surface area contributed by atoms with E-state index in [0.29, 0.717) is 6.42 Å². The predicted molar refractivity (Wildman–Crippen MR) is 47.4 cm³/mol. The van der Waals surface area contributed by atoms with Gasteiger partial charge in [-0.3, -0.25) is 4.79 Å². The number of rotatable bonds is 7. The minimum atomic E-state index is -1.01. The van der Waals surface area contributed by atoms with Gasteiger partial charge in [-0.1, -0.05) is 0 Å². The Balaban J connectivity index is 3.45. The van der Waals surface area contributed by atoms with Gasteiger partial charge in [0, 0.05) is 19.2 Å². The van der Waals surface area contributed by atoms with E-state index in [1.165, 1.54) is 0 Å². The zero-order valence-electron chi connectivity index (χ0n) is 7.73. The fraction of sp³-hybridized carbons (Fsp3) is 0.875. The summed E-state index contributed by atoms with van der Waals surface area (Å²) in [5.74, 6) is -1.01. The number of carboxylic acid groups (broad SMARTS) is 1. The Morgan fingerprint density at radius 2 is 2.15 bits per heavy atom. The van der Waals surface area contributed by atoms with Gasteiger partial charge in [-0.25, -0.2) is 0 Å². The molecule has 2 atom stereocenters. The van der Waals surface area contributed by atoms with Crippen molar-refractivity contribution in [2.45, 2.75) is 31.9 Å². The smallest absolute Gasteiger partial charge is 0.306 e. The molecule has 2 unspecified atom stereocenters. The van der Waals surface area contributed by atoms with Crippen LogP contribution in [0.15, 0.2) is 0 Å². The molecule has 0 saturated heterocycles. The molecule has 13 heavy (non-hydrogen) atoms. The molecule has 0 heterocycles. The van der Waals surface area contributed by atoms with Gasteiger partial charge >= 0.3 is 5.97 Å². The number of aliphatic hydroxyl groups is 2. The van der Waals surface area contributed by atoms with Gasteiger partial charge < -0.3 is 20.6 Å². The average molecular weight is 191 g/mol. The maximum atomic E-state index is 10.2. The van der Waals surface area contributed by atoms with E-state index in [2.05, 4.69) is 5.32 Å². The molecule has 78 valence electrons. The maximum absolute atomic E-state index is 10.2. The zero-order valence-corrected chi connectivity index (χ0v) is 7.73. The van der Waals surface area contributed by atoms with Crippen LogP contribution in [-0.2, 0) is 4.79 Å². The van der Waals surface area contributed by atoms with E-state index in [4.69, 9.17) is 15.3 Å². The van der Waals surface area contributed by atoms with Crippen LogP contribution in [0.3, 0.4) is 0 Å².